The first-order chi connectivity index (χ1) is 7.02. The Kier molecular flexibility index (Phi) is 6.75. The number of nitrogens with one attached hydrogen (secondary N) is 2. The largest absolute Gasteiger partial charge is 0.357 e. The summed E-state index contributed by atoms with van der Waals surface area (Å²) in [7, 11) is 1.59. The topological polar surface area (TPSA) is 58.2 Å². The van der Waals surface area contributed by atoms with Crippen molar-refractivity contribution in [2.45, 2.75) is 46.1 Å². The van der Waals surface area contributed by atoms with Gasteiger partial charge in [-0.05, 0) is 6.42 Å². The quantitative estimate of drug-likeness (QED) is 0.694. The molecule has 0 aliphatic heterocycles. The highest BCUT2D eigenvalue weighted by molar-refractivity contribution is 5.88. The summed E-state index contributed by atoms with van der Waals surface area (Å²) in [4.78, 5) is 22.9. The zero-order valence-electron chi connectivity index (χ0n) is 10.1. The average Bonchev–Trinajstić information content (AvgIpc) is 2.22. The maximum Gasteiger partial charge on any atom is 0.242 e. The second-order valence-corrected chi connectivity index (χ2v) is 3.97. The predicted molar refractivity (Wildman–Crippen MR) is 60.4 cm³/mol. The van der Waals surface area contributed by atoms with Gasteiger partial charge >= 0.3 is 0 Å². The van der Waals surface area contributed by atoms with Gasteiger partial charge < -0.3 is 10.6 Å². The van der Waals surface area contributed by atoms with Crippen molar-refractivity contribution in [2.24, 2.45) is 5.92 Å². The molecule has 0 aromatic heterocycles. The molecule has 0 aromatic carbocycles. The van der Waals surface area contributed by atoms with Gasteiger partial charge in [0.15, 0.2) is 0 Å². The highest BCUT2D eigenvalue weighted by Crippen LogP contribution is 2.02. The second kappa shape index (κ2) is 7.26. The summed E-state index contributed by atoms with van der Waals surface area (Å²) in [5.74, 6) is -0.268. The molecule has 88 valence electrons. The molecule has 0 saturated carbocycles. The van der Waals surface area contributed by atoms with Crippen LogP contribution < -0.4 is 10.6 Å². The zero-order valence-corrected chi connectivity index (χ0v) is 10.1. The molecule has 0 aromatic rings. The molecule has 2 N–H and O–H groups in total. The summed E-state index contributed by atoms with van der Waals surface area (Å²) in [6.07, 6.45) is 2.66. The van der Waals surface area contributed by atoms with Gasteiger partial charge in [-0.25, -0.2) is 0 Å². The lowest BCUT2D eigenvalue weighted by Gasteiger charge is -2.18. The molecule has 0 unspecified atom stereocenters. The first-order valence-electron chi connectivity index (χ1n) is 5.54. The van der Waals surface area contributed by atoms with Crippen LogP contribution in [-0.2, 0) is 9.59 Å². The maximum atomic E-state index is 11.5. The van der Waals surface area contributed by atoms with Crippen LogP contribution in [0.2, 0.25) is 0 Å². The summed E-state index contributed by atoms with van der Waals surface area (Å²) >= 11 is 0. The summed E-state index contributed by atoms with van der Waals surface area (Å²) < 4.78 is 0. The molecule has 4 heteroatoms. The van der Waals surface area contributed by atoms with Crippen LogP contribution in [0.1, 0.15) is 40.0 Å². The monoisotopic (exact) mass is 214 g/mol. The predicted octanol–water partition coefficient (Wildman–Crippen LogP) is 1.06. The molecule has 0 bridgehead atoms. The van der Waals surface area contributed by atoms with E-state index in [1.165, 1.54) is 0 Å². The molecule has 0 saturated heterocycles. The van der Waals surface area contributed by atoms with Crippen LogP contribution in [0.3, 0.4) is 0 Å². The van der Waals surface area contributed by atoms with Gasteiger partial charge in [-0.2, -0.15) is 0 Å². The van der Waals surface area contributed by atoms with Crippen molar-refractivity contribution in [1.29, 1.82) is 0 Å². The Bertz CT molecular complexity index is 215. The van der Waals surface area contributed by atoms with Crippen molar-refractivity contribution in [3.05, 3.63) is 0 Å². The van der Waals surface area contributed by atoms with E-state index in [9.17, 15) is 9.59 Å². The van der Waals surface area contributed by atoms with Crippen LogP contribution in [0.25, 0.3) is 0 Å². The third kappa shape index (κ3) is 5.40. The zero-order chi connectivity index (χ0) is 11.8. The van der Waals surface area contributed by atoms with Crippen LogP contribution in [0.4, 0.5) is 0 Å². The molecule has 1 atom stereocenters. The number of carbonyl (C=O) groups excluding carboxylic acids is 2. The first-order valence-corrected chi connectivity index (χ1v) is 5.54. The van der Waals surface area contributed by atoms with Gasteiger partial charge in [-0.3, -0.25) is 9.59 Å². The van der Waals surface area contributed by atoms with Crippen molar-refractivity contribution in [3.8, 4) is 0 Å². The molecule has 0 radical (unpaired) electrons. The average molecular weight is 214 g/mol. The minimum absolute atomic E-state index is 0.0697. The van der Waals surface area contributed by atoms with Gasteiger partial charge in [0.2, 0.25) is 11.8 Å². The Morgan fingerprint density at radius 3 is 2.20 bits per heavy atom. The second-order valence-electron chi connectivity index (χ2n) is 3.97. The van der Waals surface area contributed by atoms with Gasteiger partial charge in [0.25, 0.3) is 0 Å². The number of hydrogen-bond acceptors (Lipinski definition) is 2. The van der Waals surface area contributed by atoms with E-state index in [-0.39, 0.29) is 23.8 Å². The Morgan fingerprint density at radius 1 is 1.20 bits per heavy atom. The van der Waals surface area contributed by atoms with Gasteiger partial charge in [-0.15, -0.1) is 0 Å². The number of likely N-dealkylation sites (N-methyl/N-ethyl adjacent to an activating group) is 1. The van der Waals surface area contributed by atoms with E-state index in [1.807, 2.05) is 13.8 Å². The molecule has 0 fully saturated rings. The van der Waals surface area contributed by atoms with Crippen molar-refractivity contribution in [3.63, 3.8) is 0 Å². The molecule has 0 aliphatic carbocycles. The van der Waals surface area contributed by atoms with Gasteiger partial charge in [0.05, 0.1) is 0 Å². The minimum atomic E-state index is -0.384. The Morgan fingerprint density at radius 2 is 1.80 bits per heavy atom. The number of rotatable bonds is 6. The highest BCUT2D eigenvalue weighted by Gasteiger charge is 2.19. The number of amides is 2. The van der Waals surface area contributed by atoms with E-state index < -0.39 is 0 Å². The highest BCUT2D eigenvalue weighted by atomic mass is 16.2. The van der Waals surface area contributed by atoms with E-state index in [0.717, 1.165) is 12.8 Å². The van der Waals surface area contributed by atoms with Crippen molar-refractivity contribution >= 4 is 11.8 Å². The fourth-order valence-electron chi connectivity index (χ4n) is 1.19. The van der Waals surface area contributed by atoms with Crippen molar-refractivity contribution in [2.75, 3.05) is 7.05 Å². The molecule has 0 heterocycles. The van der Waals surface area contributed by atoms with Gasteiger partial charge in [-0.1, -0.05) is 33.6 Å². The molecule has 2 amide bonds. The molecule has 0 rings (SSSR count). The standard InChI is InChI=1S/C11H22N2O2/c1-5-6-7-9(11(15)12-4)13-10(14)8(2)3/h8-9H,5-7H2,1-4H3,(H,12,15)(H,13,14)/t9-/m0/s1. The lowest BCUT2D eigenvalue weighted by atomic mass is 10.1. The van der Waals surface area contributed by atoms with Crippen LogP contribution in [0.15, 0.2) is 0 Å². The normalized spacial score (nSPS) is 12.3. The van der Waals surface area contributed by atoms with Gasteiger partial charge in [0, 0.05) is 13.0 Å². The lowest BCUT2D eigenvalue weighted by molar-refractivity contribution is -0.130. The Balaban J connectivity index is 4.23. The summed E-state index contributed by atoms with van der Waals surface area (Å²) in [5.41, 5.74) is 0. The minimum Gasteiger partial charge on any atom is -0.357 e. The van der Waals surface area contributed by atoms with E-state index in [2.05, 4.69) is 17.6 Å². The first kappa shape index (κ1) is 13.9. The van der Waals surface area contributed by atoms with E-state index in [4.69, 9.17) is 0 Å². The fourth-order valence-corrected chi connectivity index (χ4v) is 1.19. The summed E-state index contributed by atoms with van der Waals surface area (Å²) in [5, 5.41) is 5.32. The number of carbonyl (C=O) groups is 2. The molecular weight excluding hydrogens is 192 g/mol. The third-order valence-corrected chi connectivity index (χ3v) is 2.25. The Hall–Kier alpha value is -1.06. The van der Waals surface area contributed by atoms with Crippen molar-refractivity contribution < 1.29 is 9.59 Å². The third-order valence-electron chi connectivity index (χ3n) is 2.25. The van der Waals surface area contributed by atoms with Crippen LogP contribution >= 0.6 is 0 Å². The molecular formula is C11H22N2O2. The van der Waals surface area contributed by atoms with E-state index >= 15 is 0 Å². The van der Waals surface area contributed by atoms with Crippen LogP contribution in [0.5, 0.6) is 0 Å². The number of unbranched alkanes of at least 4 members (excludes halogenated alkanes) is 1. The Labute approximate surface area is 91.8 Å². The smallest absolute Gasteiger partial charge is 0.242 e. The van der Waals surface area contributed by atoms with Crippen LogP contribution in [0, 0.1) is 5.92 Å². The number of hydrogen-bond donors (Lipinski definition) is 2. The molecule has 0 aliphatic rings. The molecule has 0 spiro atoms. The van der Waals surface area contributed by atoms with Crippen LogP contribution in [-0.4, -0.2) is 24.9 Å². The molecule has 15 heavy (non-hydrogen) atoms. The maximum absolute atomic E-state index is 11.5. The lowest BCUT2D eigenvalue weighted by Crippen LogP contribution is -2.46. The fraction of sp³-hybridized carbons (Fsp3) is 0.818. The summed E-state index contributed by atoms with van der Waals surface area (Å²) in [6.45, 7) is 5.69. The van der Waals surface area contributed by atoms with Crippen molar-refractivity contribution in [1.82, 2.24) is 10.6 Å². The SMILES string of the molecule is CCCC[C@H](NC(=O)C(C)C)C(=O)NC. The summed E-state index contributed by atoms with van der Waals surface area (Å²) in [6, 6.07) is -0.384. The van der Waals surface area contributed by atoms with Gasteiger partial charge in [0.1, 0.15) is 6.04 Å². The van der Waals surface area contributed by atoms with E-state index in [0.29, 0.717) is 6.42 Å². The molecule has 4 nitrogen and oxygen atoms in total. The van der Waals surface area contributed by atoms with E-state index in [1.54, 1.807) is 7.05 Å².